The maximum Gasteiger partial charge on any atom is 0.278 e. The summed E-state index contributed by atoms with van der Waals surface area (Å²) in [5.74, 6) is 0.228. The van der Waals surface area contributed by atoms with Gasteiger partial charge in [0.1, 0.15) is 11.0 Å². The van der Waals surface area contributed by atoms with Gasteiger partial charge in [-0.1, -0.05) is 31.2 Å². The molecule has 0 saturated carbocycles. The summed E-state index contributed by atoms with van der Waals surface area (Å²) in [5.41, 5.74) is 4.91. The molecule has 10 rings (SSSR count). The molecule has 15 heteroatoms. The van der Waals surface area contributed by atoms with Crippen molar-refractivity contribution in [3.63, 3.8) is 0 Å². The molecule has 5 aliphatic rings. The molecular weight excluding hydrogens is 797 g/mol. The maximum absolute atomic E-state index is 13.6. The molecule has 3 N–H and O–H groups in total. The van der Waals surface area contributed by atoms with Gasteiger partial charge in [0.05, 0.1) is 30.4 Å². The van der Waals surface area contributed by atoms with Crippen molar-refractivity contribution < 1.29 is 19.4 Å². The second-order valence-corrected chi connectivity index (χ2v) is 18.0. The number of fused-ring (bicyclic) bond motifs is 2. The molecule has 1 aliphatic carbocycles. The van der Waals surface area contributed by atoms with Crippen molar-refractivity contribution in [2.45, 2.75) is 94.4 Å². The number of amides is 2. The molecule has 1 spiro atoms. The van der Waals surface area contributed by atoms with Gasteiger partial charge in [0.15, 0.2) is 11.5 Å². The van der Waals surface area contributed by atoms with Gasteiger partial charge in [0, 0.05) is 75.0 Å². The van der Waals surface area contributed by atoms with Crippen LogP contribution < -0.4 is 26.0 Å². The molecule has 4 fully saturated rings. The van der Waals surface area contributed by atoms with Gasteiger partial charge in [-0.25, -0.2) is 19.3 Å². The van der Waals surface area contributed by atoms with Gasteiger partial charge < -0.3 is 25.0 Å². The van der Waals surface area contributed by atoms with Gasteiger partial charge in [-0.3, -0.25) is 24.6 Å². The normalized spacial score (nSPS) is 23.0. The smallest absolute Gasteiger partial charge is 0.278 e. The van der Waals surface area contributed by atoms with Crippen LogP contribution in [-0.4, -0.2) is 104 Å². The molecule has 63 heavy (non-hydrogen) atoms. The molecule has 4 aliphatic heterocycles. The van der Waals surface area contributed by atoms with Crippen molar-refractivity contribution >= 4 is 45.9 Å². The Morgan fingerprint density at radius 2 is 1.62 bits per heavy atom. The average molecular weight is 853 g/mol. The number of ether oxygens (including phenoxy) is 1. The minimum absolute atomic E-state index is 0.122. The van der Waals surface area contributed by atoms with E-state index in [4.69, 9.17) is 14.7 Å². The molecule has 328 valence electrons. The number of aromatic nitrogens is 5. The Bertz CT molecular complexity index is 2590. The van der Waals surface area contributed by atoms with Crippen molar-refractivity contribution in [3.05, 3.63) is 107 Å². The zero-order chi connectivity index (χ0) is 43.3. The number of benzene rings is 2. The van der Waals surface area contributed by atoms with Crippen LogP contribution in [0, 0.1) is 0 Å². The first-order valence-corrected chi connectivity index (χ1v) is 22.6. The van der Waals surface area contributed by atoms with Gasteiger partial charge >= 0.3 is 0 Å². The van der Waals surface area contributed by atoms with E-state index in [1.165, 1.54) is 5.69 Å². The van der Waals surface area contributed by atoms with Gasteiger partial charge in [0.2, 0.25) is 17.8 Å². The summed E-state index contributed by atoms with van der Waals surface area (Å²) in [5, 5.41) is 17.5. The predicted octanol–water partition coefficient (Wildman–Crippen LogP) is 5.31. The molecule has 2 amide bonds. The SMILES string of the molecule is C=CCn1c(=O)c2cnc(Nc3ccc(N4CCC(N5CCOC6(CCN(c7ccc(C8CCC(=O)NC8=O)cc7)CC6)C5)CC4)cc3)nc2n1-c1ccc2c(n1)[C@@](O)(CC)CC2. The number of pyridine rings is 1. The number of anilines is 4. The number of rotatable bonds is 10. The van der Waals surface area contributed by atoms with Crippen LogP contribution in [0.25, 0.3) is 16.9 Å². The number of carbonyl (C=O) groups is 2. The fraction of sp³-hybridized carbons (Fsp3) is 0.458. The highest BCUT2D eigenvalue weighted by Crippen LogP contribution is 2.39. The number of morpholine rings is 1. The third-order valence-corrected chi connectivity index (χ3v) is 14.3. The Morgan fingerprint density at radius 3 is 2.33 bits per heavy atom. The number of aryl methyl sites for hydroxylation is 1. The van der Waals surface area contributed by atoms with E-state index < -0.39 is 5.60 Å². The summed E-state index contributed by atoms with van der Waals surface area (Å²) in [7, 11) is 0. The van der Waals surface area contributed by atoms with E-state index in [0.29, 0.717) is 60.2 Å². The standard InChI is InChI=1S/C48H56N10O5/c1-3-23-57-45(61)39-30-49-46(53-43(39)58(57)40-15-7-33-17-20-48(62,4-2)42(33)51-40)50-34-8-12-36(13-9-34)54-24-18-37(19-25-54)56-28-29-63-47(31-56)21-26-55(27-22-47)35-10-5-32(6-11-35)38-14-16-41(59)52-44(38)60/h3,5-13,15,30,37-38,62H,1,4,14,16-29,31H2,2H3,(H,49,50,53)(H,52,59,60)/t38?,48-/m1/s1. The van der Waals surface area contributed by atoms with E-state index in [1.54, 1.807) is 21.6 Å². The lowest BCUT2D eigenvalue weighted by Gasteiger charge is -2.50. The number of nitrogens with zero attached hydrogens (tertiary/aromatic N) is 8. The summed E-state index contributed by atoms with van der Waals surface area (Å²) < 4.78 is 9.83. The van der Waals surface area contributed by atoms with Crippen molar-refractivity contribution in [1.29, 1.82) is 0 Å². The van der Waals surface area contributed by atoms with Gasteiger partial charge in [-0.2, -0.15) is 4.98 Å². The van der Waals surface area contributed by atoms with Gasteiger partial charge in [-0.15, -0.1) is 6.58 Å². The Kier molecular flexibility index (Phi) is 10.9. The summed E-state index contributed by atoms with van der Waals surface area (Å²) >= 11 is 0. The largest absolute Gasteiger partial charge is 0.384 e. The quantitative estimate of drug-likeness (QED) is 0.123. The second kappa shape index (κ2) is 16.7. The number of allylic oxidation sites excluding steroid dienone is 1. The molecule has 4 saturated heterocycles. The first-order valence-electron chi connectivity index (χ1n) is 22.6. The Morgan fingerprint density at radius 1 is 0.889 bits per heavy atom. The highest BCUT2D eigenvalue weighted by Gasteiger charge is 2.42. The lowest BCUT2D eigenvalue weighted by atomic mass is 9.87. The summed E-state index contributed by atoms with van der Waals surface area (Å²) in [4.78, 5) is 59.4. The monoisotopic (exact) mass is 852 g/mol. The number of hydrogen-bond acceptors (Lipinski definition) is 12. The van der Waals surface area contributed by atoms with Gasteiger partial charge in [0.25, 0.3) is 5.56 Å². The third-order valence-electron chi connectivity index (χ3n) is 14.3. The van der Waals surface area contributed by atoms with Crippen LogP contribution >= 0.6 is 0 Å². The number of imide groups is 1. The molecule has 5 aromatic rings. The van der Waals surface area contributed by atoms with Crippen LogP contribution in [0.1, 0.15) is 81.0 Å². The topological polar surface area (TPSA) is 163 Å². The van der Waals surface area contributed by atoms with Crippen LogP contribution in [0.4, 0.5) is 23.0 Å². The lowest BCUT2D eigenvalue weighted by Crippen LogP contribution is -2.60. The maximum atomic E-state index is 13.6. The van der Waals surface area contributed by atoms with E-state index in [2.05, 4.69) is 61.2 Å². The van der Waals surface area contributed by atoms with Crippen molar-refractivity contribution in [2.75, 3.05) is 61.0 Å². The Hall–Kier alpha value is -5.90. The van der Waals surface area contributed by atoms with E-state index in [0.717, 1.165) is 100 Å². The number of nitrogens with one attached hydrogen (secondary N) is 2. The molecular formula is C48H56N10O5. The summed E-state index contributed by atoms with van der Waals surface area (Å²) in [6, 6.07) is 21.1. The molecule has 15 nitrogen and oxygen atoms in total. The van der Waals surface area contributed by atoms with Crippen LogP contribution in [0.5, 0.6) is 0 Å². The summed E-state index contributed by atoms with van der Waals surface area (Å²) in [6.07, 6.45) is 10.3. The van der Waals surface area contributed by atoms with E-state index in [9.17, 15) is 19.5 Å². The molecule has 2 aromatic carbocycles. The lowest BCUT2D eigenvalue weighted by molar-refractivity contribution is -0.134. The molecule has 1 unspecified atom stereocenters. The number of aliphatic hydroxyl groups is 1. The Labute approximate surface area is 366 Å². The highest BCUT2D eigenvalue weighted by atomic mass is 16.5. The van der Waals surface area contributed by atoms with Crippen LogP contribution in [0.15, 0.2) is 84.3 Å². The first kappa shape index (κ1) is 41.1. The Balaban J connectivity index is 0.753. The number of carbonyl (C=O) groups excluding carboxylic acids is 2. The fourth-order valence-corrected chi connectivity index (χ4v) is 10.6. The number of piperidine rings is 3. The number of hydrogen-bond donors (Lipinski definition) is 3. The van der Waals surface area contributed by atoms with Crippen LogP contribution in [-0.2, 0) is 32.9 Å². The molecule has 3 aromatic heterocycles. The van der Waals surface area contributed by atoms with E-state index in [1.807, 2.05) is 43.3 Å². The van der Waals surface area contributed by atoms with Crippen LogP contribution in [0.2, 0.25) is 0 Å². The average Bonchev–Trinajstić information content (AvgIpc) is 3.79. The second-order valence-electron chi connectivity index (χ2n) is 18.0. The van der Waals surface area contributed by atoms with Crippen molar-refractivity contribution in [1.82, 2.24) is 34.5 Å². The molecule has 2 atom stereocenters. The minimum atomic E-state index is -0.992. The third kappa shape index (κ3) is 7.80. The first-order chi connectivity index (χ1) is 30.6. The minimum Gasteiger partial charge on any atom is -0.384 e. The summed E-state index contributed by atoms with van der Waals surface area (Å²) in [6.45, 7) is 12.6. The zero-order valence-electron chi connectivity index (χ0n) is 36.0. The van der Waals surface area contributed by atoms with E-state index >= 15 is 0 Å². The van der Waals surface area contributed by atoms with Gasteiger partial charge in [-0.05, 0) is 105 Å². The highest BCUT2D eigenvalue weighted by molar-refractivity contribution is 6.01. The molecule has 7 heterocycles. The molecule has 0 radical (unpaired) electrons. The van der Waals surface area contributed by atoms with Crippen LogP contribution in [0.3, 0.4) is 0 Å². The predicted molar refractivity (Wildman–Crippen MR) is 242 cm³/mol. The zero-order valence-corrected chi connectivity index (χ0v) is 36.0. The fourth-order valence-electron chi connectivity index (χ4n) is 10.6. The van der Waals surface area contributed by atoms with Crippen molar-refractivity contribution in [2.24, 2.45) is 0 Å². The van der Waals surface area contributed by atoms with Crippen molar-refractivity contribution in [3.8, 4) is 5.82 Å². The van der Waals surface area contributed by atoms with E-state index in [-0.39, 0.29) is 35.4 Å². The molecule has 0 bridgehead atoms.